The molecule has 0 bridgehead atoms. The van der Waals surface area contributed by atoms with Gasteiger partial charge in [0.25, 0.3) is 5.91 Å². The minimum absolute atomic E-state index is 0.272. The van der Waals surface area contributed by atoms with E-state index in [9.17, 15) is 14.7 Å². The van der Waals surface area contributed by atoms with Crippen molar-refractivity contribution in [3.05, 3.63) is 53.6 Å². The molecule has 0 aliphatic heterocycles. The van der Waals surface area contributed by atoms with Gasteiger partial charge in [-0.1, -0.05) is 18.2 Å². The minimum atomic E-state index is -1.54. The summed E-state index contributed by atoms with van der Waals surface area (Å²) in [5.41, 5.74) is 0.691. The van der Waals surface area contributed by atoms with Crippen LogP contribution in [0.1, 0.15) is 26.5 Å². The lowest BCUT2D eigenvalue weighted by Gasteiger charge is -2.10. The number of para-hydroxylation sites is 1. The Morgan fingerprint density at radius 1 is 1.11 bits per heavy atom. The lowest BCUT2D eigenvalue weighted by Crippen LogP contribution is -2.28. The first-order chi connectivity index (χ1) is 9.09. The molecule has 0 aliphatic rings. The zero-order valence-electron chi connectivity index (χ0n) is 10.1. The summed E-state index contributed by atoms with van der Waals surface area (Å²) in [7, 11) is 0. The normalized spacial score (nSPS) is 9.95. The van der Waals surface area contributed by atoms with E-state index in [2.05, 4.69) is 15.3 Å². The molecule has 0 radical (unpaired) electrons. The molecule has 0 spiro atoms. The predicted octanol–water partition coefficient (Wildman–Crippen LogP) is 0.401. The number of aryl methyl sites for hydroxylation is 1. The fraction of sp³-hybridized carbons (Fsp3) is 0.0769. The standard InChI is InChI=1S/C13H11N3O3/c1-8-4-2-3-5-9(8)16-12(17)10-11(13(18)19)15-7-6-14-10/h2-7H,1H3,(H,16,17)(H,18,19)/p-1. The Labute approximate surface area is 109 Å². The Bertz CT molecular complexity index is 641. The molecule has 6 nitrogen and oxygen atoms in total. The largest absolute Gasteiger partial charge is 0.543 e. The molecular formula is C13H10N3O3-. The quantitative estimate of drug-likeness (QED) is 0.857. The van der Waals surface area contributed by atoms with E-state index in [1.165, 1.54) is 12.4 Å². The van der Waals surface area contributed by atoms with E-state index in [0.717, 1.165) is 5.56 Å². The number of carboxylic acid groups (broad SMARTS) is 1. The molecule has 0 aliphatic carbocycles. The summed E-state index contributed by atoms with van der Waals surface area (Å²) in [4.78, 5) is 30.1. The highest BCUT2D eigenvalue weighted by molar-refractivity contribution is 6.08. The number of benzene rings is 1. The number of aromatic carboxylic acids is 1. The van der Waals surface area contributed by atoms with E-state index >= 15 is 0 Å². The zero-order chi connectivity index (χ0) is 13.8. The van der Waals surface area contributed by atoms with Gasteiger partial charge in [0.1, 0.15) is 5.69 Å². The Morgan fingerprint density at radius 2 is 1.74 bits per heavy atom. The summed E-state index contributed by atoms with van der Waals surface area (Å²) in [5.74, 6) is -2.18. The van der Waals surface area contributed by atoms with Crippen LogP contribution in [0.4, 0.5) is 5.69 Å². The van der Waals surface area contributed by atoms with E-state index in [1.54, 1.807) is 12.1 Å². The van der Waals surface area contributed by atoms with Crippen molar-refractivity contribution in [1.82, 2.24) is 9.97 Å². The Balaban J connectivity index is 2.31. The fourth-order valence-corrected chi connectivity index (χ4v) is 1.55. The highest BCUT2D eigenvalue weighted by atomic mass is 16.4. The van der Waals surface area contributed by atoms with E-state index < -0.39 is 17.6 Å². The minimum Gasteiger partial charge on any atom is -0.543 e. The highest BCUT2D eigenvalue weighted by Gasteiger charge is 2.15. The molecule has 1 heterocycles. The van der Waals surface area contributed by atoms with Crippen molar-refractivity contribution >= 4 is 17.6 Å². The summed E-state index contributed by atoms with van der Waals surface area (Å²) < 4.78 is 0. The number of carboxylic acids is 1. The molecule has 0 saturated carbocycles. The molecule has 19 heavy (non-hydrogen) atoms. The molecule has 1 N–H and O–H groups in total. The molecule has 6 heteroatoms. The molecule has 1 aromatic carbocycles. The van der Waals surface area contributed by atoms with Gasteiger partial charge in [0, 0.05) is 18.1 Å². The van der Waals surface area contributed by atoms with Crippen molar-refractivity contribution in [1.29, 1.82) is 0 Å². The van der Waals surface area contributed by atoms with Gasteiger partial charge in [-0.15, -0.1) is 0 Å². The summed E-state index contributed by atoms with van der Waals surface area (Å²) in [6.45, 7) is 1.83. The molecule has 96 valence electrons. The van der Waals surface area contributed by atoms with Gasteiger partial charge in [0.05, 0.1) is 5.97 Å². The van der Waals surface area contributed by atoms with Gasteiger partial charge in [-0.25, -0.2) is 4.98 Å². The molecule has 0 fully saturated rings. The Morgan fingerprint density at radius 3 is 2.37 bits per heavy atom. The molecule has 1 amide bonds. The van der Waals surface area contributed by atoms with Crippen LogP contribution in [0.2, 0.25) is 0 Å². The van der Waals surface area contributed by atoms with Crippen LogP contribution in [0.3, 0.4) is 0 Å². The molecule has 0 atom stereocenters. The smallest absolute Gasteiger partial charge is 0.276 e. The van der Waals surface area contributed by atoms with Crippen LogP contribution in [-0.4, -0.2) is 21.8 Å². The van der Waals surface area contributed by atoms with E-state index in [0.29, 0.717) is 5.69 Å². The zero-order valence-corrected chi connectivity index (χ0v) is 10.1. The number of hydrogen-bond acceptors (Lipinski definition) is 5. The molecule has 0 saturated heterocycles. The van der Waals surface area contributed by atoms with Crippen LogP contribution in [0, 0.1) is 6.92 Å². The molecule has 2 rings (SSSR count). The summed E-state index contributed by atoms with van der Waals surface area (Å²) in [6, 6.07) is 7.13. The van der Waals surface area contributed by atoms with Crippen LogP contribution in [-0.2, 0) is 0 Å². The van der Waals surface area contributed by atoms with Crippen LogP contribution < -0.4 is 10.4 Å². The monoisotopic (exact) mass is 256 g/mol. The second-order valence-corrected chi connectivity index (χ2v) is 3.81. The van der Waals surface area contributed by atoms with Crippen LogP contribution >= 0.6 is 0 Å². The van der Waals surface area contributed by atoms with Crippen molar-refractivity contribution in [3.8, 4) is 0 Å². The maximum Gasteiger partial charge on any atom is 0.276 e. The lowest BCUT2D eigenvalue weighted by molar-refractivity contribution is -0.255. The maximum absolute atomic E-state index is 12.0. The van der Waals surface area contributed by atoms with Gasteiger partial charge in [-0.05, 0) is 18.6 Å². The van der Waals surface area contributed by atoms with Gasteiger partial charge in [-0.2, -0.15) is 0 Å². The first-order valence-corrected chi connectivity index (χ1v) is 5.49. The average Bonchev–Trinajstić information content (AvgIpc) is 2.41. The van der Waals surface area contributed by atoms with Crippen LogP contribution in [0.5, 0.6) is 0 Å². The van der Waals surface area contributed by atoms with Gasteiger partial charge in [0.2, 0.25) is 0 Å². The number of carbonyl (C=O) groups excluding carboxylic acids is 2. The highest BCUT2D eigenvalue weighted by Crippen LogP contribution is 2.14. The number of nitrogens with zero attached hydrogens (tertiary/aromatic N) is 2. The second kappa shape index (κ2) is 5.26. The molecular weight excluding hydrogens is 246 g/mol. The summed E-state index contributed by atoms with van der Waals surface area (Å²) >= 11 is 0. The maximum atomic E-state index is 12.0. The predicted molar refractivity (Wildman–Crippen MR) is 65.5 cm³/mol. The number of rotatable bonds is 3. The number of amides is 1. The Hall–Kier alpha value is -2.76. The number of aromatic nitrogens is 2. The van der Waals surface area contributed by atoms with Crippen molar-refractivity contribution in [2.45, 2.75) is 6.92 Å². The van der Waals surface area contributed by atoms with Gasteiger partial charge >= 0.3 is 0 Å². The number of nitrogens with one attached hydrogen (secondary N) is 1. The van der Waals surface area contributed by atoms with Gasteiger partial charge < -0.3 is 15.2 Å². The van der Waals surface area contributed by atoms with Crippen LogP contribution in [0.15, 0.2) is 36.7 Å². The molecule has 1 aromatic heterocycles. The number of hydrogen-bond donors (Lipinski definition) is 1. The summed E-state index contributed by atoms with van der Waals surface area (Å²) in [5, 5.41) is 13.4. The third kappa shape index (κ3) is 2.74. The van der Waals surface area contributed by atoms with Crippen molar-refractivity contribution in [2.75, 3.05) is 5.32 Å². The van der Waals surface area contributed by atoms with Crippen LogP contribution in [0.25, 0.3) is 0 Å². The average molecular weight is 256 g/mol. The topological polar surface area (TPSA) is 95.0 Å². The third-order valence-electron chi connectivity index (χ3n) is 2.50. The lowest BCUT2D eigenvalue weighted by atomic mass is 10.2. The first kappa shape index (κ1) is 12.7. The Kier molecular flexibility index (Phi) is 3.51. The molecule has 0 unspecified atom stereocenters. The number of carbonyl (C=O) groups is 2. The van der Waals surface area contributed by atoms with Crippen molar-refractivity contribution in [2.24, 2.45) is 0 Å². The van der Waals surface area contributed by atoms with Crippen molar-refractivity contribution < 1.29 is 14.7 Å². The number of anilines is 1. The third-order valence-corrected chi connectivity index (χ3v) is 2.50. The van der Waals surface area contributed by atoms with E-state index in [4.69, 9.17) is 0 Å². The fourth-order valence-electron chi connectivity index (χ4n) is 1.55. The van der Waals surface area contributed by atoms with Gasteiger partial charge in [-0.3, -0.25) is 9.78 Å². The molecule has 2 aromatic rings. The SMILES string of the molecule is Cc1ccccc1NC(=O)c1nccnc1C(=O)[O-]. The second-order valence-electron chi connectivity index (χ2n) is 3.81. The van der Waals surface area contributed by atoms with Gasteiger partial charge in [0.15, 0.2) is 5.69 Å². The first-order valence-electron chi connectivity index (χ1n) is 5.49. The van der Waals surface area contributed by atoms with E-state index in [-0.39, 0.29) is 5.69 Å². The summed E-state index contributed by atoms with van der Waals surface area (Å²) in [6.07, 6.45) is 2.44. The van der Waals surface area contributed by atoms with Crippen molar-refractivity contribution in [3.63, 3.8) is 0 Å². The van der Waals surface area contributed by atoms with E-state index in [1.807, 2.05) is 19.1 Å².